The van der Waals surface area contributed by atoms with E-state index in [9.17, 15) is 4.79 Å². The zero-order chi connectivity index (χ0) is 19.8. The second-order valence-electron chi connectivity index (χ2n) is 7.01. The summed E-state index contributed by atoms with van der Waals surface area (Å²) in [6.45, 7) is 1.12. The summed E-state index contributed by atoms with van der Waals surface area (Å²) in [5.41, 5.74) is 3.93. The fourth-order valence-corrected chi connectivity index (χ4v) is 3.89. The van der Waals surface area contributed by atoms with Crippen LogP contribution in [-0.2, 0) is 6.54 Å². The van der Waals surface area contributed by atoms with Gasteiger partial charge in [0.25, 0.3) is 0 Å². The number of methoxy groups -OCH3 is 1. The van der Waals surface area contributed by atoms with Crippen LogP contribution in [0.25, 0.3) is 11.0 Å². The molecule has 1 aliphatic heterocycles. The minimum atomic E-state index is -0.294. The lowest BCUT2D eigenvalue weighted by Gasteiger charge is -2.39. The standard InChI is InChI=1S/C24H20N2O3/c1-28-19-13-11-18(12-14-19)26-16-25(17-7-3-2-4-8-17)15-21-23(26)20-9-5-6-10-22(20)29-24(21)27/h2-14H,15-16H2,1H3. The van der Waals surface area contributed by atoms with E-state index in [-0.39, 0.29) is 5.63 Å². The van der Waals surface area contributed by atoms with Gasteiger partial charge in [-0.15, -0.1) is 0 Å². The Morgan fingerprint density at radius 1 is 0.862 bits per heavy atom. The highest BCUT2D eigenvalue weighted by Crippen LogP contribution is 2.39. The topological polar surface area (TPSA) is 45.9 Å². The Hall–Kier alpha value is -3.73. The summed E-state index contributed by atoms with van der Waals surface area (Å²) < 4.78 is 10.9. The molecule has 144 valence electrons. The molecule has 3 aromatic carbocycles. The van der Waals surface area contributed by atoms with E-state index in [2.05, 4.69) is 21.9 Å². The number of rotatable bonds is 3. The molecule has 0 spiro atoms. The lowest BCUT2D eigenvalue weighted by molar-refractivity contribution is 0.415. The molecule has 5 nitrogen and oxygen atoms in total. The molecular formula is C24H20N2O3. The smallest absolute Gasteiger partial charge is 0.343 e. The first-order chi connectivity index (χ1) is 14.2. The van der Waals surface area contributed by atoms with Crippen LogP contribution in [-0.4, -0.2) is 13.8 Å². The highest BCUT2D eigenvalue weighted by Gasteiger charge is 2.29. The van der Waals surface area contributed by atoms with Gasteiger partial charge >= 0.3 is 5.63 Å². The van der Waals surface area contributed by atoms with Gasteiger partial charge in [-0.05, 0) is 48.5 Å². The molecule has 0 radical (unpaired) electrons. The Labute approximate surface area is 168 Å². The molecule has 0 bridgehead atoms. The summed E-state index contributed by atoms with van der Waals surface area (Å²) in [6, 6.07) is 25.7. The largest absolute Gasteiger partial charge is 0.497 e. The SMILES string of the molecule is COc1ccc(N2CN(c3ccccc3)Cc3c2c2ccccc2oc3=O)cc1. The molecule has 0 fully saturated rings. The summed E-state index contributed by atoms with van der Waals surface area (Å²) in [5.74, 6) is 0.795. The second kappa shape index (κ2) is 7.02. The van der Waals surface area contributed by atoms with Gasteiger partial charge in [-0.1, -0.05) is 30.3 Å². The van der Waals surface area contributed by atoms with Crippen LogP contribution in [0.1, 0.15) is 5.56 Å². The Balaban J connectivity index is 1.72. The molecule has 2 heterocycles. The zero-order valence-corrected chi connectivity index (χ0v) is 16.0. The Kier molecular flexibility index (Phi) is 4.21. The first kappa shape index (κ1) is 17.4. The molecule has 0 unspecified atom stereocenters. The molecule has 5 heteroatoms. The first-order valence-corrected chi connectivity index (χ1v) is 9.51. The van der Waals surface area contributed by atoms with Crippen molar-refractivity contribution in [1.82, 2.24) is 0 Å². The summed E-state index contributed by atoms with van der Waals surface area (Å²) in [6.07, 6.45) is 0. The summed E-state index contributed by atoms with van der Waals surface area (Å²) in [4.78, 5) is 17.2. The Morgan fingerprint density at radius 2 is 1.59 bits per heavy atom. The van der Waals surface area contributed by atoms with E-state index < -0.39 is 0 Å². The fourth-order valence-electron chi connectivity index (χ4n) is 3.89. The van der Waals surface area contributed by atoms with Gasteiger partial charge in [0.1, 0.15) is 11.3 Å². The molecular weight excluding hydrogens is 364 g/mol. The molecule has 0 aliphatic carbocycles. The molecule has 0 N–H and O–H groups in total. The van der Waals surface area contributed by atoms with E-state index in [1.807, 2.05) is 66.7 Å². The van der Waals surface area contributed by atoms with Gasteiger partial charge in [0.15, 0.2) is 0 Å². The van der Waals surface area contributed by atoms with E-state index in [0.717, 1.165) is 28.2 Å². The van der Waals surface area contributed by atoms with E-state index >= 15 is 0 Å². The number of benzene rings is 3. The van der Waals surface area contributed by atoms with Crippen molar-refractivity contribution in [3.8, 4) is 5.75 Å². The minimum Gasteiger partial charge on any atom is -0.497 e. The van der Waals surface area contributed by atoms with Crippen LogP contribution in [0.4, 0.5) is 17.1 Å². The normalized spacial score (nSPS) is 13.4. The van der Waals surface area contributed by atoms with Crippen LogP contribution in [0, 0.1) is 0 Å². The lowest BCUT2D eigenvalue weighted by Crippen LogP contribution is -2.42. The van der Waals surface area contributed by atoms with Crippen molar-refractivity contribution in [2.45, 2.75) is 6.54 Å². The maximum absolute atomic E-state index is 12.9. The summed E-state index contributed by atoms with van der Waals surface area (Å²) in [7, 11) is 1.65. The molecule has 0 atom stereocenters. The van der Waals surface area contributed by atoms with Crippen LogP contribution in [0.2, 0.25) is 0 Å². The molecule has 1 aromatic heterocycles. The van der Waals surface area contributed by atoms with Crippen molar-refractivity contribution in [3.63, 3.8) is 0 Å². The Bertz CT molecular complexity index is 1220. The number of fused-ring (bicyclic) bond motifs is 3. The molecule has 29 heavy (non-hydrogen) atoms. The van der Waals surface area contributed by atoms with Gasteiger partial charge < -0.3 is 19.0 Å². The zero-order valence-electron chi connectivity index (χ0n) is 16.0. The maximum Gasteiger partial charge on any atom is 0.343 e. The van der Waals surface area contributed by atoms with Gasteiger partial charge in [-0.25, -0.2) is 4.79 Å². The number of hydrogen-bond acceptors (Lipinski definition) is 5. The van der Waals surface area contributed by atoms with Gasteiger partial charge in [-0.3, -0.25) is 0 Å². The average molecular weight is 384 g/mol. The number of nitrogens with zero attached hydrogens (tertiary/aromatic N) is 2. The number of anilines is 3. The number of hydrogen-bond donors (Lipinski definition) is 0. The maximum atomic E-state index is 12.9. The fraction of sp³-hybridized carbons (Fsp3) is 0.125. The van der Waals surface area contributed by atoms with Crippen molar-refractivity contribution in [2.75, 3.05) is 23.6 Å². The summed E-state index contributed by atoms with van der Waals surface area (Å²) in [5, 5.41) is 0.936. The number of ether oxygens (including phenoxy) is 1. The van der Waals surface area contributed by atoms with Gasteiger partial charge in [0.05, 0.1) is 31.6 Å². The van der Waals surface area contributed by atoms with E-state index in [1.54, 1.807) is 7.11 Å². The average Bonchev–Trinajstić information content (AvgIpc) is 2.79. The predicted octanol–water partition coefficient (Wildman–Crippen LogP) is 4.92. The third-order valence-electron chi connectivity index (χ3n) is 5.31. The van der Waals surface area contributed by atoms with Gasteiger partial charge in [0, 0.05) is 16.8 Å². The molecule has 4 aromatic rings. The quantitative estimate of drug-likeness (QED) is 0.469. The molecule has 0 amide bonds. The first-order valence-electron chi connectivity index (χ1n) is 9.51. The number of para-hydroxylation sites is 2. The van der Waals surface area contributed by atoms with Crippen LogP contribution in [0.5, 0.6) is 5.75 Å². The molecule has 0 saturated heterocycles. The van der Waals surface area contributed by atoms with Crippen molar-refractivity contribution in [2.24, 2.45) is 0 Å². The third-order valence-corrected chi connectivity index (χ3v) is 5.31. The highest BCUT2D eigenvalue weighted by atomic mass is 16.5. The Morgan fingerprint density at radius 3 is 2.34 bits per heavy atom. The second-order valence-corrected chi connectivity index (χ2v) is 7.01. The van der Waals surface area contributed by atoms with Crippen molar-refractivity contribution in [3.05, 3.63) is 94.8 Å². The van der Waals surface area contributed by atoms with Gasteiger partial charge in [-0.2, -0.15) is 0 Å². The lowest BCUT2D eigenvalue weighted by atomic mass is 10.1. The predicted molar refractivity (Wildman–Crippen MR) is 115 cm³/mol. The minimum absolute atomic E-state index is 0.294. The van der Waals surface area contributed by atoms with Crippen molar-refractivity contribution < 1.29 is 9.15 Å². The molecule has 1 aliphatic rings. The van der Waals surface area contributed by atoms with Crippen molar-refractivity contribution in [1.29, 1.82) is 0 Å². The van der Waals surface area contributed by atoms with E-state index in [0.29, 0.717) is 24.4 Å². The van der Waals surface area contributed by atoms with Crippen LogP contribution in [0.15, 0.2) is 88.1 Å². The summed E-state index contributed by atoms with van der Waals surface area (Å²) >= 11 is 0. The van der Waals surface area contributed by atoms with E-state index in [4.69, 9.17) is 9.15 Å². The van der Waals surface area contributed by atoms with Gasteiger partial charge in [0.2, 0.25) is 0 Å². The van der Waals surface area contributed by atoms with Crippen LogP contribution >= 0.6 is 0 Å². The molecule has 0 saturated carbocycles. The van der Waals surface area contributed by atoms with Crippen LogP contribution in [0.3, 0.4) is 0 Å². The monoisotopic (exact) mass is 384 g/mol. The highest BCUT2D eigenvalue weighted by molar-refractivity contribution is 5.95. The third kappa shape index (κ3) is 3.01. The van der Waals surface area contributed by atoms with Crippen molar-refractivity contribution >= 4 is 28.0 Å². The molecule has 5 rings (SSSR count). The van der Waals surface area contributed by atoms with E-state index in [1.165, 1.54) is 0 Å². The van der Waals surface area contributed by atoms with Crippen LogP contribution < -0.4 is 20.2 Å².